The van der Waals surface area contributed by atoms with E-state index in [1.807, 2.05) is 6.07 Å². The molecule has 0 aliphatic carbocycles. The summed E-state index contributed by atoms with van der Waals surface area (Å²) in [4.78, 5) is 3.94. The number of benzene rings is 1. The molecule has 0 N–H and O–H groups in total. The van der Waals surface area contributed by atoms with Gasteiger partial charge in [-0.15, -0.1) is 0 Å². The van der Waals surface area contributed by atoms with Crippen molar-refractivity contribution < 1.29 is 9.47 Å². The van der Waals surface area contributed by atoms with Crippen molar-refractivity contribution in [1.82, 2.24) is 4.98 Å². The summed E-state index contributed by atoms with van der Waals surface area (Å²) in [5, 5.41) is 9.40. The van der Waals surface area contributed by atoms with E-state index in [4.69, 9.17) is 26.3 Å². The summed E-state index contributed by atoms with van der Waals surface area (Å²) in [6, 6.07) is 10.5. The highest BCUT2D eigenvalue weighted by molar-refractivity contribution is 6.30. The average Bonchev–Trinajstić information content (AvgIpc) is 2.38. The van der Waals surface area contributed by atoms with Gasteiger partial charge in [0.15, 0.2) is 11.4 Å². The molecule has 0 spiro atoms. The molecule has 90 valence electrons. The molecule has 0 radical (unpaired) electrons. The average molecular weight is 261 g/mol. The van der Waals surface area contributed by atoms with E-state index in [-0.39, 0.29) is 5.69 Å². The third kappa shape index (κ3) is 2.70. The van der Waals surface area contributed by atoms with Crippen LogP contribution in [-0.2, 0) is 0 Å². The van der Waals surface area contributed by atoms with Crippen molar-refractivity contribution in [2.75, 3.05) is 7.11 Å². The number of aromatic nitrogens is 1. The van der Waals surface area contributed by atoms with Crippen LogP contribution >= 0.6 is 11.6 Å². The van der Waals surface area contributed by atoms with Crippen LogP contribution in [0.25, 0.3) is 0 Å². The zero-order valence-corrected chi connectivity index (χ0v) is 10.3. The quantitative estimate of drug-likeness (QED) is 0.849. The van der Waals surface area contributed by atoms with Gasteiger partial charge in [-0.05, 0) is 18.2 Å². The van der Waals surface area contributed by atoms with E-state index in [9.17, 15) is 0 Å². The molecule has 0 atom stereocenters. The lowest BCUT2D eigenvalue weighted by Crippen LogP contribution is -1.93. The minimum absolute atomic E-state index is 0.218. The maximum Gasteiger partial charge on any atom is 0.182 e. The first-order chi connectivity index (χ1) is 8.72. The summed E-state index contributed by atoms with van der Waals surface area (Å²) in [6.07, 6.45) is 1.46. The SMILES string of the molecule is COc1cc(Oc2cccc(Cl)c2)cnc1C#N. The molecule has 18 heavy (non-hydrogen) atoms. The number of nitrogens with zero attached hydrogens (tertiary/aromatic N) is 2. The molecule has 5 heteroatoms. The number of halogens is 1. The molecule has 2 rings (SSSR count). The van der Waals surface area contributed by atoms with Gasteiger partial charge in [-0.2, -0.15) is 5.26 Å². The molecule has 4 nitrogen and oxygen atoms in total. The Kier molecular flexibility index (Phi) is 3.66. The highest BCUT2D eigenvalue weighted by Crippen LogP contribution is 2.27. The predicted molar refractivity (Wildman–Crippen MR) is 67.0 cm³/mol. The van der Waals surface area contributed by atoms with Gasteiger partial charge in [0, 0.05) is 11.1 Å². The summed E-state index contributed by atoms with van der Waals surface area (Å²) in [7, 11) is 1.47. The number of pyridine rings is 1. The fourth-order valence-electron chi connectivity index (χ4n) is 1.39. The van der Waals surface area contributed by atoms with Gasteiger partial charge >= 0.3 is 0 Å². The van der Waals surface area contributed by atoms with Crippen LogP contribution < -0.4 is 9.47 Å². The lowest BCUT2D eigenvalue weighted by Gasteiger charge is -2.07. The van der Waals surface area contributed by atoms with Crippen molar-refractivity contribution in [3.8, 4) is 23.3 Å². The molecule has 0 amide bonds. The van der Waals surface area contributed by atoms with Crippen molar-refractivity contribution in [2.24, 2.45) is 0 Å². The Morgan fingerprint density at radius 3 is 2.78 bits per heavy atom. The van der Waals surface area contributed by atoms with Gasteiger partial charge in [0.05, 0.1) is 13.3 Å². The topological polar surface area (TPSA) is 55.1 Å². The van der Waals surface area contributed by atoms with Crippen LogP contribution in [0.3, 0.4) is 0 Å². The predicted octanol–water partition coefficient (Wildman–Crippen LogP) is 3.41. The summed E-state index contributed by atoms with van der Waals surface area (Å²) in [5.74, 6) is 1.45. The molecule has 1 aromatic carbocycles. The van der Waals surface area contributed by atoms with Gasteiger partial charge in [0.25, 0.3) is 0 Å². The van der Waals surface area contributed by atoms with E-state index < -0.39 is 0 Å². The van der Waals surface area contributed by atoms with Crippen LogP contribution in [0.1, 0.15) is 5.69 Å². The third-order valence-corrected chi connectivity index (χ3v) is 2.42. The van der Waals surface area contributed by atoms with Gasteiger partial charge in [-0.3, -0.25) is 0 Å². The Hall–Kier alpha value is -2.25. The van der Waals surface area contributed by atoms with E-state index in [1.54, 1.807) is 30.3 Å². The summed E-state index contributed by atoms with van der Waals surface area (Å²) >= 11 is 5.85. The first-order valence-electron chi connectivity index (χ1n) is 5.10. The molecule has 0 unspecified atom stereocenters. The second-order valence-corrected chi connectivity index (χ2v) is 3.83. The zero-order valence-electron chi connectivity index (χ0n) is 9.55. The molecule has 0 aliphatic heterocycles. The largest absolute Gasteiger partial charge is 0.494 e. The minimum atomic E-state index is 0.218. The fraction of sp³-hybridized carbons (Fsp3) is 0.0769. The first kappa shape index (κ1) is 12.2. The van der Waals surface area contributed by atoms with E-state index in [0.29, 0.717) is 22.3 Å². The molecular formula is C13H9ClN2O2. The molecule has 1 aromatic heterocycles. The molecular weight excluding hydrogens is 252 g/mol. The smallest absolute Gasteiger partial charge is 0.182 e. The van der Waals surface area contributed by atoms with Gasteiger partial charge < -0.3 is 9.47 Å². The van der Waals surface area contributed by atoms with E-state index >= 15 is 0 Å². The third-order valence-electron chi connectivity index (χ3n) is 2.19. The standard InChI is InChI=1S/C13H9ClN2O2/c1-17-13-6-11(8-16-12(13)7-15)18-10-4-2-3-9(14)5-10/h2-6,8H,1H3. The summed E-state index contributed by atoms with van der Waals surface area (Å²) in [5.41, 5.74) is 0.218. The Morgan fingerprint density at radius 1 is 1.28 bits per heavy atom. The summed E-state index contributed by atoms with van der Waals surface area (Å²) in [6.45, 7) is 0. The molecule has 0 bridgehead atoms. The number of hydrogen-bond donors (Lipinski definition) is 0. The van der Waals surface area contributed by atoms with Crippen molar-refractivity contribution >= 4 is 11.6 Å². The first-order valence-corrected chi connectivity index (χ1v) is 5.48. The molecule has 0 saturated heterocycles. The van der Waals surface area contributed by atoms with Gasteiger partial charge in [0.2, 0.25) is 0 Å². The highest BCUT2D eigenvalue weighted by atomic mass is 35.5. The number of rotatable bonds is 3. The van der Waals surface area contributed by atoms with Crippen molar-refractivity contribution in [1.29, 1.82) is 5.26 Å². The van der Waals surface area contributed by atoms with Crippen LogP contribution in [0.2, 0.25) is 5.02 Å². The number of methoxy groups -OCH3 is 1. The van der Waals surface area contributed by atoms with Crippen molar-refractivity contribution in [3.63, 3.8) is 0 Å². The Labute approximate surface area is 109 Å². The fourth-order valence-corrected chi connectivity index (χ4v) is 1.57. The lowest BCUT2D eigenvalue weighted by atomic mass is 10.3. The van der Waals surface area contributed by atoms with Crippen LogP contribution in [0, 0.1) is 11.3 Å². The Bertz CT molecular complexity index is 608. The van der Waals surface area contributed by atoms with E-state index in [2.05, 4.69) is 4.98 Å². The molecule has 0 aliphatic rings. The van der Waals surface area contributed by atoms with Crippen molar-refractivity contribution in [3.05, 3.63) is 47.2 Å². The Balaban J connectivity index is 2.28. The van der Waals surface area contributed by atoms with E-state index in [1.165, 1.54) is 13.3 Å². The number of hydrogen-bond acceptors (Lipinski definition) is 4. The van der Waals surface area contributed by atoms with Crippen LogP contribution in [0.5, 0.6) is 17.2 Å². The van der Waals surface area contributed by atoms with Crippen LogP contribution in [-0.4, -0.2) is 12.1 Å². The van der Waals surface area contributed by atoms with Crippen LogP contribution in [0.4, 0.5) is 0 Å². The Morgan fingerprint density at radius 2 is 2.11 bits per heavy atom. The van der Waals surface area contributed by atoms with Gasteiger partial charge in [0.1, 0.15) is 17.6 Å². The second kappa shape index (κ2) is 5.39. The minimum Gasteiger partial charge on any atom is -0.494 e. The monoisotopic (exact) mass is 260 g/mol. The van der Waals surface area contributed by atoms with Gasteiger partial charge in [-0.25, -0.2) is 4.98 Å². The highest BCUT2D eigenvalue weighted by Gasteiger charge is 2.07. The molecule has 0 saturated carbocycles. The number of nitriles is 1. The maximum atomic E-state index is 8.82. The van der Waals surface area contributed by atoms with E-state index in [0.717, 1.165) is 0 Å². The molecule has 0 fully saturated rings. The molecule has 2 aromatic rings. The normalized spacial score (nSPS) is 9.61. The van der Waals surface area contributed by atoms with Gasteiger partial charge in [-0.1, -0.05) is 17.7 Å². The lowest BCUT2D eigenvalue weighted by molar-refractivity contribution is 0.404. The second-order valence-electron chi connectivity index (χ2n) is 3.39. The van der Waals surface area contributed by atoms with Crippen molar-refractivity contribution in [2.45, 2.75) is 0 Å². The summed E-state index contributed by atoms with van der Waals surface area (Å²) < 4.78 is 10.6. The zero-order chi connectivity index (χ0) is 13.0. The molecule has 1 heterocycles. The van der Waals surface area contributed by atoms with Crippen LogP contribution in [0.15, 0.2) is 36.5 Å². The maximum absolute atomic E-state index is 8.82. The number of ether oxygens (including phenoxy) is 2.